The van der Waals surface area contributed by atoms with Gasteiger partial charge in [0.2, 0.25) is 5.91 Å². The van der Waals surface area contributed by atoms with E-state index in [1.165, 1.54) is 0 Å². The molecule has 0 spiro atoms. The Bertz CT molecular complexity index is 394. The zero-order valence-corrected chi connectivity index (χ0v) is 11.1. The zero-order chi connectivity index (χ0) is 13.4. The van der Waals surface area contributed by atoms with Crippen LogP contribution in [0.2, 0.25) is 0 Å². The van der Waals surface area contributed by atoms with Crippen LogP contribution in [0.1, 0.15) is 5.56 Å². The summed E-state index contributed by atoms with van der Waals surface area (Å²) in [4.78, 5) is 11.7. The molecule has 18 heavy (non-hydrogen) atoms. The van der Waals surface area contributed by atoms with Gasteiger partial charge in [-0.25, -0.2) is 0 Å². The molecule has 5 nitrogen and oxygen atoms in total. The molecular weight excluding hydrogens is 232 g/mol. The third-order valence-corrected chi connectivity index (χ3v) is 2.40. The van der Waals surface area contributed by atoms with Gasteiger partial charge in [-0.3, -0.25) is 4.79 Å². The summed E-state index contributed by atoms with van der Waals surface area (Å²) in [6, 6.07) is 5.64. The van der Waals surface area contributed by atoms with E-state index in [1.807, 2.05) is 25.1 Å². The minimum Gasteiger partial charge on any atom is -0.495 e. The van der Waals surface area contributed by atoms with E-state index in [0.717, 1.165) is 5.56 Å². The van der Waals surface area contributed by atoms with Crippen molar-refractivity contribution in [3.8, 4) is 5.75 Å². The first-order valence-corrected chi connectivity index (χ1v) is 5.81. The summed E-state index contributed by atoms with van der Waals surface area (Å²) < 4.78 is 10.1. The van der Waals surface area contributed by atoms with Crippen LogP contribution >= 0.6 is 0 Å². The molecule has 0 aliphatic rings. The second-order valence-electron chi connectivity index (χ2n) is 3.92. The molecule has 5 heteroatoms. The van der Waals surface area contributed by atoms with Crippen molar-refractivity contribution in [3.63, 3.8) is 0 Å². The predicted octanol–water partition coefficient (Wildman–Crippen LogP) is 1.18. The Morgan fingerprint density at radius 1 is 1.33 bits per heavy atom. The lowest BCUT2D eigenvalue weighted by Crippen LogP contribution is -2.30. The summed E-state index contributed by atoms with van der Waals surface area (Å²) in [7, 11) is 3.21. The highest BCUT2D eigenvalue weighted by atomic mass is 16.5. The Morgan fingerprint density at radius 2 is 2.11 bits per heavy atom. The second kappa shape index (κ2) is 7.68. The lowest BCUT2D eigenvalue weighted by Gasteiger charge is -2.11. The summed E-state index contributed by atoms with van der Waals surface area (Å²) in [5.41, 5.74) is 1.77. The molecule has 1 amide bonds. The molecule has 0 aromatic heterocycles. The maximum absolute atomic E-state index is 11.7. The summed E-state index contributed by atoms with van der Waals surface area (Å²) >= 11 is 0. The molecule has 1 aromatic carbocycles. The molecule has 0 unspecified atom stereocenters. The van der Waals surface area contributed by atoms with Crippen molar-refractivity contribution in [3.05, 3.63) is 23.8 Å². The maximum Gasteiger partial charge on any atom is 0.238 e. The fourth-order valence-electron chi connectivity index (χ4n) is 1.47. The lowest BCUT2D eigenvalue weighted by molar-refractivity contribution is -0.115. The fraction of sp³-hybridized carbons (Fsp3) is 0.462. The second-order valence-corrected chi connectivity index (χ2v) is 3.92. The number of carbonyl (C=O) groups excluding carboxylic acids is 1. The molecule has 0 radical (unpaired) electrons. The normalized spacial score (nSPS) is 10.2. The quantitative estimate of drug-likeness (QED) is 0.715. The molecule has 0 aliphatic heterocycles. The minimum absolute atomic E-state index is 0.103. The Balaban J connectivity index is 2.48. The van der Waals surface area contributed by atoms with E-state index < -0.39 is 0 Å². The monoisotopic (exact) mass is 252 g/mol. The minimum atomic E-state index is -0.103. The van der Waals surface area contributed by atoms with E-state index in [1.54, 1.807) is 14.2 Å². The van der Waals surface area contributed by atoms with Crippen LogP contribution in [-0.2, 0) is 9.53 Å². The van der Waals surface area contributed by atoms with Crippen molar-refractivity contribution in [1.29, 1.82) is 0 Å². The predicted molar refractivity (Wildman–Crippen MR) is 71.1 cm³/mol. The van der Waals surface area contributed by atoms with Gasteiger partial charge >= 0.3 is 0 Å². The molecule has 2 N–H and O–H groups in total. The van der Waals surface area contributed by atoms with E-state index >= 15 is 0 Å². The topological polar surface area (TPSA) is 59.6 Å². The van der Waals surface area contributed by atoms with Gasteiger partial charge in [-0.05, 0) is 24.6 Å². The van der Waals surface area contributed by atoms with Crippen LogP contribution in [0.25, 0.3) is 0 Å². The number of hydrogen-bond acceptors (Lipinski definition) is 4. The number of ether oxygens (including phenoxy) is 2. The number of aryl methyl sites for hydroxylation is 1. The molecule has 0 saturated heterocycles. The average Bonchev–Trinajstić information content (AvgIpc) is 2.37. The Kier molecular flexibility index (Phi) is 6.18. The summed E-state index contributed by atoms with van der Waals surface area (Å²) in [6.45, 7) is 3.46. The van der Waals surface area contributed by atoms with Gasteiger partial charge in [0.15, 0.2) is 0 Å². The molecule has 100 valence electrons. The van der Waals surface area contributed by atoms with Gasteiger partial charge in [0.05, 0.1) is 25.9 Å². The first-order valence-electron chi connectivity index (χ1n) is 5.81. The number of anilines is 1. The van der Waals surface area contributed by atoms with E-state index in [0.29, 0.717) is 24.6 Å². The fourth-order valence-corrected chi connectivity index (χ4v) is 1.47. The van der Waals surface area contributed by atoms with Crippen molar-refractivity contribution in [2.24, 2.45) is 0 Å². The van der Waals surface area contributed by atoms with Gasteiger partial charge < -0.3 is 20.1 Å². The Labute approximate surface area is 107 Å². The van der Waals surface area contributed by atoms with E-state index in [2.05, 4.69) is 10.6 Å². The van der Waals surface area contributed by atoms with Crippen LogP contribution in [0.5, 0.6) is 5.75 Å². The van der Waals surface area contributed by atoms with Crippen molar-refractivity contribution in [2.45, 2.75) is 6.92 Å². The first-order chi connectivity index (χ1) is 8.67. The number of rotatable bonds is 7. The van der Waals surface area contributed by atoms with Crippen molar-refractivity contribution in [1.82, 2.24) is 5.32 Å². The SMILES string of the molecule is COCCNCC(=O)Nc1ccc(C)cc1OC. The van der Waals surface area contributed by atoms with E-state index in [9.17, 15) is 4.79 Å². The van der Waals surface area contributed by atoms with Gasteiger partial charge in [-0.1, -0.05) is 6.07 Å². The number of benzene rings is 1. The average molecular weight is 252 g/mol. The first kappa shape index (κ1) is 14.5. The largest absolute Gasteiger partial charge is 0.495 e. The smallest absolute Gasteiger partial charge is 0.238 e. The van der Waals surface area contributed by atoms with Crippen molar-refractivity contribution >= 4 is 11.6 Å². The van der Waals surface area contributed by atoms with Crippen molar-refractivity contribution in [2.75, 3.05) is 39.2 Å². The van der Waals surface area contributed by atoms with Crippen LogP contribution in [0.15, 0.2) is 18.2 Å². The van der Waals surface area contributed by atoms with Gasteiger partial charge in [-0.15, -0.1) is 0 Å². The van der Waals surface area contributed by atoms with Crippen LogP contribution in [-0.4, -0.2) is 39.8 Å². The standard InChI is InChI=1S/C13H20N2O3/c1-10-4-5-11(12(8-10)18-3)15-13(16)9-14-6-7-17-2/h4-5,8,14H,6-7,9H2,1-3H3,(H,15,16). The van der Waals surface area contributed by atoms with Crippen molar-refractivity contribution < 1.29 is 14.3 Å². The molecule has 1 rings (SSSR count). The number of hydrogen-bond donors (Lipinski definition) is 2. The van der Waals surface area contributed by atoms with Gasteiger partial charge in [0.25, 0.3) is 0 Å². The molecule has 0 atom stereocenters. The third-order valence-electron chi connectivity index (χ3n) is 2.40. The van der Waals surface area contributed by atoms with Crippen LogP contribution < -0.4 is 15.4 Å². The molecule has 0 fully saturated rings. The van der Waals surface area contributed by atoms with Gasteiger partial charge in [0.1, 0.15) is 5.75 Å². The third kappa shape index (κ3) is 4.73. The molecular formula is C13H20N2O3. The molecule has 0 aliphatic carbocycles. The highest BCUT2D eigenvalue weighted by Gasteiger charge is 2.07. The molecule has 1 aromatic rings. The van der Waals surface area contributed by atoms with E-state index in [4.69, 9.17) is 9.47 Å². The van der Waals surface area contributed by atoms with E-state index in [-0.39, 0.29) is 12.5 Å². The highest BCUT2D eigenvalue weighted by molar-refractivity contribution is 5.93. The molecule has 0 bridgehead atoms. The summed E-state index contributed by atoms with van der Waals surface area (Å²) in [6.07, 6.45) is 0. The number of amides is 1. The van der Waals surface area contributed by atoms with Crippen LogP contribution in [0.4, 0.5) is 5.69 Å². The Hall–Kier alpha value is -1.59. The Morgan fingerprint density at radius 3 is 2.78 bits per heavy atom. The highest BCUT2D eigenvalue weighted by Crippen LogP contribution is 2.24. The zero-order valence-electron chi connectivity index (χ0n) is 11.1. The maximum atomic E-state index is 11.7. The summed E-state index contributed by atoms with van der Waals surface area (Å²) in [5, 5.41) is 5.78. The van der Waals surface area contributed by atoms with Gasteiger partial charge in [0, 0.05) is 13.7 Å². The number of methoxy groups -OCH3 is 2. The molecule has 0 saturated carbocycles. The van der Waals surface area contributed by atoms with Crippen LogP contribution in [0, 0.1) is 6.92 Å². The number of nitrogens with one attached hydrogen (secondary N) is 2. The molecule has 0 heterocycles. The summed E-state index contributed by atoms with van der Waals surface area (Å²) in [5.74, 6) is 0.563. The number of carbonyl (C=O) groups is 1. The van der Waals surface area contributed by atoms with Gasteiger partial charge in [-0.2, -0.15) is 0 Å². The van der Waals surface area contributed by atoms with Crippen LogP contribution in [0.3, 0.4) is 0 Å². The lowest BCUT2D eigenvalue weighted by atomic mass is 10.2.